The number of nitriles is 1. The van der Waals surface area contributed by atoms with Gasteiger partial charge in [0, 0.05) is 19.2 Å². The number of methoxy groups -OCH3 is 1. The summed E-state index contributed by atoms with van der Waals surface area (Å²) in [6.45, 7) is 0.952. The summed E-state index contributed by atoms with van der Waals surface area (Å²) in [6.07, 6.45) is 3.84. The van der Waals surface area contributed by atoms with Crippen molar-refractivity contribution in [2.45, 2.75) is 31.7 Å². The Hall–Kier alpha value is -2.59. The van der Waals surface area contributed by atoms with Gasteiger partial charge in [0.15, 0.2) is 5.82 Å². The molecule has 0 bridgehead atoms. The molecular formula is C17H21N5O2. The highest BCUT2D eigenvalue weighted by molar-refractivity contribution is 5.53. The molecule has 7 heteroatoms. The lowest BCUT2D eigenvalue weighted by atomic mass is 9.99. The Morgan fingerprint density at radius 2 is 2.17 bits per heavy atom. The number of hydrogen-bond acceptors (Lipinski definition) is 6. The highest BCUT2D eigenvalue weighted by Crippen LogP contribution is 2.29. The van der Waals surface area contributed by atoms with E-state index in [1.807, 2.05) is 24.3 Å². The van der Waals surface area contributed by atoms with E-state index in [0.717, 1.165) is 25.8 Å². The molecule has 1 atom stereocenters. The van der Waals surface area contributed by atoms with Gasteiger partial charge in [0.1, 0.15) is 17.5 Å². The van der Waals surface area contributed by atoms with Gasteiger partial charge in [-0.05, 0) is 37.8 Å². The number of aliphatic hydroxyl groups is 1. The van der Waals surface area contributed by atoms with Gasteiger partial charge in [-0.25, -0.2) is 0 Å². The van der Waals surface area contributed by atoms with E-state index in [2.05, 4.69) is 21.2 Å². The van der Waals surface area contributed by atoms with Crippen LogP contribution in [0.5, 0.6) is 5.75 Å². The molecule has 0 radical (unpaired) electrons. The largest absolute Gasteiger partial charge is 0.494 e. The van der Waals surface area contributed by atoms with Crippen LogP contribution in [0, 0.1) is 11.3 Å². The van der Waals surface area contributed by atoms with Crippen LogP contribution in [-0.4, -0.2) is 46.4 Å². The van der Waals surface area contributed by atoms with Gasteiger partial charge in [-0.15, -0.1) is 15.0 Å². The van der Waals surface area contributed by atoms with E-state index in [0.29, 0.717) is 29.4 Å². The van der Waals surface area contributed by atoms with Crippen molar-refractivity contribution in [1.29, 1.82) is 5.26 Å². The Bertz CT molecular complexity index is 735. The van der Waals surface area contributed by atoms with Crippen molar-refractivity contribution in [2.75, 3.05) is 25.2 Å². The molecule has 7 nitrogen and oxygen atoms in total. The van der Waals surface area contributed by atoms with Crippen molar-refractivity contribution in [3.63, 3.8) is 0 Å². The Balaban J connectivity index is 2.00. The minimum atomic E-state index is 0.129. The monoisotopic (exact) mass is 327 g/mol. The quantitative estimate of drug-likeness (QED) is 0.902. The lowest BCUT2D eigenvalue weighted by molar-refractivity contribution is 0.262. The highest BCUT2D eigenvalue weighted by Gasteiger charge is 2.28. The standard InChI is InChI=1S/C17H21N5O2/c1-24-16-8-3-2-7-15(16)22-19-14(12-18)17(20-22)21-10-5-4-6-13(21)9-11-23/h2-3,7-8,13,23H,4-6,9-11H2,1H3. The van der Waals surface area contributed by atoms with E-state index < -0.39 is 0 Å². The number of hydrogen-bond donors (Lipinski definition) is 1. The predicted molar refractivity (Wildman–Crippen MR) is 89.3 cm³/mol. The number of aromatic nitrogens is 3. The van der Waals surface area contributed by atoms with E-state index in [-0.39, 0.29) is 12.6 Å². The van der Waals surface area contributed by atoms with Gasteiger partial charge in [-0.3, -0.25) is 0 Å². The SMILES string of the molecule is COc1ccccc1-n1nc(C#N)c(N2CCCCC2CCO)n1. The molecule has 1 aliphatic heterocycles. The minimum absolute atomic E-state index is 0.129. The van der Waals surface area contributed by atoms with Gasteiger partial charge in [0.2, 0.25) is 5.69 Å². The van der Waals surface area contributed by atoms with Crippen molar-refractivity contribution in [3.05, 3.63) is 30.0 Å². The molecule has 3 rings (SSSR count). The first kappa shape index (κ1) is 16.3. The molecule has 1 unspecified atom stereocenters. The van der Waals surface area contributed by atoms with E-state index in [1.54, 1.807) is 7.11 Å². The summed E-state index contributed by atoms with van der Waals surface area (Å²) in [6, 6.07) is 9.77. The van der Waals surface area contributed by atoms with E-state index in [4.69, 9.17) is 4.74 Å². The minimum Gasteiger partial charge on any atom is -0.494 e. The van der Waals surface area contributed by atoms with Crippen LogP contribution in [0.25, 0.3) is 5.69 Å². The molecular weight excluding hydrogens is 306 g/mol. The van der Waals surface area contributed by atoms with E-state index in [1.165, 1.54) is 4.80 Å². The van der Waals surface area contributed by atoms with Crippen LogP contribution in [0.3, 0.4) is 0 Å². The fourth-order valence-electron chi connectivity index (χ4n) is 3.20. The molecule has 2 heterocycles. The maximum absolute atomic E-state index is 9.48. The Labute approximate surface area is 141 Å². The maximum Gasteiger partial charge on any atom is 0.207 e. The smallest absolute Gasteiger partial charge is 0.207 e. The van der Waals surface area contributed by atoms with Gasteiger partial charge >= 0.3 is 0 Å². The normalized spacial score (nSPS) is 17.5. The molecule has 2 aromatic rings. The maximum atomic E-state index is 9.48. The van der Waals surface area contributed by atoms with Gasteiger partial charge in [0.25, 0.3) is 0 Å². The zero-order valence-corrected chi connectivity index (χ0v) is 13.7. The first-order valence-electron chi connectivity index (χ1n) is 8.16. The fraction of sp³-hybridized carbons (Fsp3) is 0.471. The van der Waals surface area contributed by atoms with Crippen molar-refractivity contribution in [1.82, 2.24) is 15.0 Å². The molecule has 1 fully saturated rings. The van der Waals surface area contributed by atoms with Gasteiger partial charge in [-0.2, -0.15) is 5.26 Å². The molecule has 0 saturated carbocycles. The third-order valence-corrected chi connectivity index (χ3v) is 4.36. The second-order valence-electron chi connectivity index (χ2n) is 5.80. The van der Waals surface area contributed by atoms with Gasteiger partial charge < -0.3 is 14.7 Å². The molecule has 0 spiro atoms. The highest BCUT2D eigenvalue weighted by atomic mass is 16.5. The average molecular weight is 327 g/mol. The summed E-state index contributed by atoms with van der Waals surface area (Å²) in [5.74, 6) is 1.23. The zero-order valence-electron chi connectivity index (χ0n) is 13.7. The lowest BCUT2D eigenvalue weighted by Crippen LogP contribution is -2.40. The van der Waals surface area contributed by atoms with Crippen LogP contribution in [0.1, 0.15) is 31.4 Å². The molecule has 1 aliphatic rings. The number of anilines is 1. The summed E-state index contributed by atoms with van der Waals surface area (Å²) in [5, 5.41) is 27.7. The van der Waals surface area contributed by atoms with Gasteiger partial charge in [0.05, 0.1) is 7.11 Å². The molecule has 0 aliphatic carbocycles. The lowest BCUT2D eigenvalue weighted by Gasteiger charge is -2.35. The average Bonchev–Trinajstić information content (AvgIpc) is 3.06. The number of aliphatic hydroxyl groups excluding tert-OH is 1. The van der Waals surface area contributed by atoms with Gasteiger partial charge in [-0.1, -0.05) is 12.1 Å². The summed E-state index contributed by atoms with van der Waals surface area (Å²) in [7, 11) is 1.59. The predicted octanol–water partition coefficient (Wildman–Crippen LogP) is 1.89. The Morgan fingerprint density at radius 3 is 2.92 bits per heavy atom. The molecule has 126 valence electrons. The van der Waals surface area contributed by atoms with Crippen molar-refractivity contribution in [3.8, 4) is 17.5 Å². The summed E-state index contributed by atoms with van der Waals surface area (Å²) >= 11 is 0. The second kappa shape index (κ2) is 7.32. The second-order valence-corrected chi connectivity index (χ2v) is 5.80. The Kier molecular flexibility index (Phi) is 4.96. The number of rotatable bonds is 5. The van der Waals surface area contributed by atoms with E-state index >= 15 is 0 Å². The van der Waals surface area contributed by atoms with Crippen molar-refractivity contribution < 1.29 is 9.84 Å². The van der Waals surface area contributed by atoms with Crippen LogP contribution in [-0.2, 0) is 0 Å². The Morgan fingerprint density at radius 1 is 1.33 bits per heavy atom. The number of nitrogens with zero attached hydrogens (tertiary/aromatic N) is 5. The molecule has 1 saturated heterocycles. The van der Waals surface area contributed by atoms with E-state index in [9.17, 15) is 10.4 Å². The third kappa shape index (κ3) is 3.05. The molecule has 24 heavy (non-hydrogen) atoms. The first-order valence-corrected chi connectivity index (χ1v) is 8.16. The molecule has 1 aromatic heterocycles. The van der Waals surface area contributed by atoms with Crippen LogP contribution in [0.2, 0.25) is 0 Å². The number of para-hydroxylation sites is 2. The van der Waals surface area contributed by atoms with Crippen LogP contribution in [0.15, 0.2) is 24.3 Å². The number of ether oxygens (including phenoxy) is 1. The van der Waals surface area contributed by atoms with Crippen molar-refractivity contribution >= 4 is 5.82 Å². The summed E-state index contributed by atoms with van der Waals surface area (Å²) in [5.41, 5.74) is 0.990. The molecule has 1 N–H and O–H groups in total. The summed E-state index contributed by atoms with van der Waals surface area (Å²) in [4.78, 5) is 3.56. The van der Waals surface area contributed by atoms with Crippen molar-refractivity contribution in [2.24, 2.45) is 0 Å². The van der Waals surface area contributed by atoms with Crippen LogP contribution >= 0.6 is 0 Å². The number of benzene rings is 1. The summed E-state index contributed by atoms with van der Waals surface area (Å²) < 4.78 is 5.36. The van der Waals surface area contributed by atoms with Crippen LogP contribution < -0.4 is 9.64 Å². The molecule has 1 aromatic carbocycles. The number of piperidine rings is 1. The fourth-order valence-corrected chi connectivity index (χ4v) is 3.20. The first-order chi connectivity index (χ1) is 11.8. The molecule has 0 amide bonds. The zero-order chi connectivity index (χ0) is 16.9. The topological polar surface area (TPSA) is 87.2 Å². The van der Waals surface area contributed by atoms with Crippen LogP contribution in [0.4, 0.5) is 5.82 Å². The third-order valence-electron chi connectivity index (χ3n) is 4.36.